The summed E-state index contributed by atoms with van der Waals surface area (Å²) in [5, 5.41) is 0.472. The molecule has 3 rings (SSSR count). The Hall–Kier alpha value is -2.28. The van der Waals surface area contributed by atoms with Gasteiger partial charge < -0.3 is 9.47 Å². The zero-order valence-corrected chi connectivity index (χ0v) is 16.8. The Bertz CT molecular complexity index is 801. The van der Waals surface area contributed by atoms with E-state index in [1.807, 2.05) is 38.1 Å². The van der Waals surface area contributed by atoms with Gasteiger partial charge in [0.25, 0.3) is 0 Å². The maximum absolute atomic E-state index is 13.0. The van der Waals surface area contributed by atoms with Crippen molar-refractivity contribution in [2.45, 2.75) is 45.4 Å². The van der Waals surface area contributed by atoms with Gasteiger partial charge in [-0.15, -0.1) is 0 Å². The molecule has 0 unspecified atom stereocenters. The number of carbonyl (C=O) groups excluding carboxylic acids is 2. The van der Waals surface area contributed by atoms with Gasteiger partial charge in [-0.2, -0.15) is 0 Å². The second-order valence-electron chi connectivity index (χ2n) is 6.24. The third-order valence-electron chi connectivity index (χ3n) is 4.52. The first-order valence-corrected chi connectivity index (χ1v) is 10.1. The summed E-state index contributed by atoms with van der Waals surface area (Å²) >= 11 is 1.46. The molecule has 27 heavy (non-hydrogen) atoms. The highest BCUT2D eigenvalue weighted by molar-refractivity contribution is 8.15. The van der Waals surface area contributed by atoms with Gasteiger partial charge in [0.2, 0.25) is 5.91 Å². The van der Waals surface area contributed by atoms with E-state index in [9.17, 15) is 9.59 Å². The molecule has 2 aliphatic rings. The summed E-state index contributed by atoms with van der Waals surface area (Å²) in [6, 6.07) is 6.95. The summed E-state index contributed by atoms with van der Waals surface area (Å²) in [5.74, 6) is 0.293. The van der Waals surface area contributed by atoms with Crippen LogP contribution in [-0.2, 0) is 14.3 Å². The first-order valence-electron chi connectivity index (χ1n) is 9.20. The van der Waals surface area contributed by atoms with Crippen molar-refractivity contribution >= 4 is 28.8 Å². The fourth-order valence-electron chi connectivity index (χ4n) is 3.29. The van der Waals surface area contributed by atoms with Crippen molar-refractivity contribution in [1.82, 2.24) is 4.90 Å². The zero-order valence-electron chi connectivity index (χ0n) is 16.0. The molecule has 7 heteroatoms. The van der Waals surface area contributed by atoms with Gasteiger partial charge in [0.05, 0.1) is 35.8 Å². The highest BCUT2D eigenvalue weighted by Gasteiger charge is 2.47. The Morgan fingerprint density at radius 1 is 1.19 bits per heavy atom. The van der Waals surface area contributed by atoms with Crippen molar-refractivity contribution in [1.29, 1.82) is 0 Å². The number of amidine groups is 1. The van der Waals surface area contributed by atoms with E-state index in [-0.39, 0.29) is 17.8 Å². The van der Waals surface area contributed by atoms with E-state index in [0.717, 1.165) is 11.3 Å². The number of carbonyl (C=O) groups is 2. The number of hydrogen-bond donors (Lipinski definition) is 0. The smallest absolute Gasteiger partial charge is 0.338 e. The zero-order chi connectivity index (χ0) is 19.6. The fourth-order valence-corrected chi connectivity index (χ4v) is 4.42. The largest absolute Gasteiger partial charge is 0.494 e. The molecule has 2 aliphatic heterocycles. The van der Waals surface area contributed by atoms with Crippen molar-refractivity contribution in [3.8, 4) is 5.75 Å². The number of thioether (sulfide) groups is 1. The van der Waals surface area contributed by atoms with Crippen molar-refractivity contribution in [2.24, 2.45) is 4.99 Å². The molecule has 1 aromatic rings. The van der Waals surface area contributed by atoms with Gasteiger partial charge in [-0.3, -0.25) is 9.69 Å². The molecule has 1 amide bonds. The van der Waals surface area contributed by atoms with Gasteiger partial charge in [0, 0.05) is 0 Å². The molecule has 2 atom stereocenters. The van der Waals surface area contributed by atoms with Crippen LogP contribution in [0, 0.1) is 0 Å². The molecule has 0 aromatic heterocycles. The summed E-state index contributed by atoms with van der Waals surface area (Å²) in [4.78, 5) is 31.9. The van der Waals surface area contributed by atoms with E-state index >= 15 is 0 Å². The van der Waals surface area contributed by atoms with Crippen LogP contribution in [0.25, 0.3) is 0 Å². The molecular formula is C20H24N2O4S. The minimum atomic E-state index is -0.538. The third kappa shape index (κ3) is 3.60. The van der Waals surface area contributed by atoms with Gasteiger partial charge in [-0.05, 0) is 44.9 Å². The van der Waals surface area contributed by atoms with Gasteiger partial charge in [0.15, 0.2) is 5.17 Å². The first kappa shape index (κ1) is 19.5. The number of nitrogens with zero attached hydrogens (tertiary/aromatic N) is 2. The lowest BCUT2D eigenvalue weighted by molar-refractivity contribution is -0.139. The van der Waals surface area contributed by atoms with E-state index in [4.69, 9.17) is 9.47 Å². The van der Waals surface area contributed by atoms with Gasteiger partial charge in [-0.25, -0.2) is 9.79 Å². The number of allylic oxidation sites excluding steroid dienone is 1. The molecule has 144 valence electrons. The Morgan fingerprint density at radius 2 is 1.89 bits per heavy atom. The lowest BCUT2D eigenvalue weighted by atomic mass is 9.94. The molecule has 6 nitrogen and oxygen atoms in total. The molecule has 0 aliphatic carbocycles. The number of benzene rings is 1. The molecule has 2 heterocycles. The number of amides is 1. The Labute approximate surface area is 163 Å². The normalized spacial score (nSPS) is 21.9. The fraction of sp³-hybridized carbons (Fsp3) is 0.450. The van der Waals surface area contributed by atoms with Crippen LogP contribution < -0.4 is 4.74 Å². The summed E-state index contributed by atoms with van der Waals surface area (Å²) in [6.07, 6.45) is 0.711. The van der Waals surface area contributed by atoms with E-state index in [1.165, 1.54) is 11.8 Å². The summed E-state index contributed by atoms with van der Waals surface area (Å²) in [7, 11) is 0. The predicted molar refractivity (Wildman–Crippen MR) is 106 cm³/mol. The molecule has 0 saturated carbocycles. The van der Waals surface area contributed by atoms with Gasteiger partial charge in [-0.1, -0.05) is 30.8 Å². The molecular weight excluding hydrogens is 364 g/mol. The summed E-state index contributed by atoms with van der Waals surface area (Å²) < 4.78 is 10.8. The van der Waals surface area contributed by atoms with Crippen molar-refractivity contribution in [3.05, 3.63) is 41.1 Å². The van der Waals surface area contributed by atoms with E-state index in [2.05, 4.69) is 4.99 Å². The quantitative estimate of drug-likeness (QED) is 0.695. The second-order valence-corrected chi connectivity index (χ2v) is 7.41. The van der Waals surface area contributed by atoms with E-state index in [0.29, 0.717) is 29.5 Å². The standard InChI is InChI=1S/C20H24N2O4S/c1-5-15-18(23)22-17(13-8-10-14(11-9-13)25-6-2)16(19(24)26-7-3)12(4)21-20(22)27-15/h8-11,15,17H,5-7H2,1-4H3/t15-,17+/m0/s1. The van der Waals surface area contributed by atoms with E-state index in [1.54, 1.807) is 18.7 Å². The maximum atomic E-state index is 13.0. The monoisotopic (exact) mass is 388 g/mol. The molecule has 0 spiro atoms. The number of aliphatic imine (C=N–C) groups is 1. The van der Waals surface area contributed by atoms with Crippen LogP contribution in [-0.4, -0.2) is 40.4 Å². The second kappa shape index (κ2) is 8.17. The van der Waals surface area contributed by atoms with Crippen molar-refractivity contribution < 1.29 is 19.1 Å². The number of hydrogen-bond acceptors (Lipinski definition) is 6. The summed E-state index contributed by atoms with van der Waals surface area (Å²) in [5.41, 5.74) is 1.84. The van der Waals surface area contributed by atoms with Crippen LogP contribution in [0.2, 0.25) is 0 Å². The molecule has 1 fully saturated rings. The van der Waals surface area contributed by atoms with Crippen LogP contribution in [0.15, 0.2) is 40.5 Å². The van der Waals surface area contributed by atoms with Crippen LogP contribution in [0.5, 0.6) is 5.75 Å². The predicted octanol–water partition coefficient (Wildman–Crippen LogP) is 3.69. The van der Waals surface area contributed by atoms with Crippen molar-refractivity contribution in [3.63, 3.8) is 0 Å². The topological polar surface area (TPSA) is 68.2 Å². The number of rotatable bonds is 6. The van der Waals surface area contributed by atoms with Crippen LogP contribution in [0.4, 0.5) is 0 Å². The lowest BCUT2D eigenvalue weighted by Crippen LogP contribution is -2.40. The van der Waals surface area contributed by atoms with Gasteiger partial charge in [0.1, 0.15) is 5.75 Å². The van der Waals surface area contributed by atoms with Gasteiger partial charge >= 0.3 is 5.97 Å². The van der Waals surface area contributed by atoms with Crippen LogP contribution in [0.3, 0.4) is 0 Å². The Balaban J connectivity index is 2.07. The molecule has 1 saturated heterocycles. The third-order valence-corrected chi connectivity index (χ3v) is 5.84. The molecule has 0 bridgehead atoms. The minimum absolute atomic E-state index is 0.0190. The Kier molecular flexibility index (Phi) is 5.89. The SMILES string of the molecule is CCOC(=O)C1=C(C)N=C2S[C@@H](CC)C(=O)N2[C@@H]1c1ccc(OCC)cc1. The van der Waals surface area contributed by atoms with E-state index < -0.39 is 12.0 Å². The maximum Gasteiger partial charge on any atom is 0.338 e. The number of esters is 1. The molecule has 0 N–H and O–H groups in total. The summed E-state index contributed by atoms with van der Waals surface area (Å²) in [6.45, 7) is 8.30. The lowest BCUT2D eigenvalue weighted by Gasteiger charge is -2.33. The average molecular weight is 388 g/mol. The minimum Gasteiger partial charge on any atom is -0.494 e. The van der Waals surface area contributed by atoms with Crippen LogP contribution >= 0.6 is 11.8 Å². The number of fused-ring (bicyclic) bond motifs is 1. The van der Waals surface area contributed by atoms with Crippen molar-refractivity contribution in [2.75, 3.05) is 13.2 Å². The first-order chi connectivity index (χ1) is 13.0. The highest BCUT2D eigenvalue weighted by Crippen LogP contribution is 2.44. The average Bonchev–Trinajstić information content (AvgIpc) is 2.97. The molecule has 1 aromatic carbocycles. The highest BCUT2D eigenvalue weighted by atomic mass is 32.2. The Morgan fingerprint density at radius 3 is 2.48 bits per heavy atom. The number of ether oxygens (including phenoxy) is 2. The van der Waals surface area contributed by atoms with Crippen LogP contribution in [0.1, 0.15) is 45.7 Å². The molecule has 0 radical (unpaired) electrons.